The first-order valence-electron chi connectivity index (χ1n) is 19.3. The number of fused-ring (bicyclic) bond motifs is 5. The average Bonchev–Trinajstić information content (AvgIpc) is 3.85. The van der Waals surface area contributed by atoms with Gasteiger partial charge in [-0.2, -0.15) is 0 Å². The summed E-state index contributed by atoms with van der Waals surface area (Å²) in [5.41, 5.74) is 2.34. The number of benzene rings is 3. The van der Waals surface area contributed by atoms with Crippen molar-refractivity contribution >= 4 is 61.6 Å². The molecular formula is C42H48N4O8S2. The van der Waals surface area contributed by atoms with Crippen LogP contribution in [-0.4, -0.2) is 88.9 Å². The summed E-state index contributed by atoms with van der Waals surface area (Å²) < 4.78 is 17.6. The van der Waals surface area contributed by atoms with Crippen molar-refractivity contribution < 1.29 is 38.8 Å². The number of phenols is 1. The number of hydrogen-bond donors (Lipinski definition) is 2. The van der Waals surface area contributed by atoms with Gasteiger partial charge >= 0.3 is 6.09 Å². The molecule has 4 heterocycles. The predicted molar refractivity (Wildman–Crippen MR) is 219 cm³/mol. The number of ether oxygens (including phenoxy) is 3. The minimum Gasteiger partial charge on any atom is -0.507 e. The summed E-state index contributed by atoms with van der Waals surface area (Å²) in [5, 5.41) is 24.9. The Morgan fingerprint density at radius 3 is 2.59 bits per heavy atom. The topological polar surface area (TPSA) is 142 Å². The summed E-state index contributed by atoms with van der Waals surface area (Å²) in [7, 11) is 4.50. The zero-order chi connectivity index (χ0) is 39.3. The highest BCUT2D eigenvalue weighted by Crippen LogP contribution is 2.46. The summed E-state index contributed by atoms with van der Waals surface area (Å²) in [6.45, 7) is 5.51. The van der Waals surface area contributed by atoms with Gasteiger partial charge in [-0.05, 0) is 85.4 Å². The van der Waals surface area contributed by atoms with Gasteiger partial charge in [0, 0.05) is 54.4 Å². The summed E-state index contributed by atoms with van der Waals surface area (Å²) in [6, 6.07) is 17.8. The van der Waals surface area contributed by atoms with Crippen LogP contribution in [0.1, 0.15) is 80.6 Å². The number of unbranched alkanes of at least 4 members (excludes halogenated alkanes) is 2. The smallest absolute Gasteiger partial charge is 0.416 e. The molecule has 4 atom stereocenters. The van der Waals surface area contributed by atoms with Crippen molar-refractivity contribution in [1.82, 2.24) is 9.88 Å². The van der Waals surface area contributed by atoms with E-state index in [1.807, 2.05) is 54.3 Å². The van der Waals surface area contributed by atoms with Crippen molar-refractivity contribution in [2.45, 2.75) is 87.3 Å². The molecule has 296 valence electrons. The van der Waals surface area contributed by atoms with E-state index in [2.05, 4.69) is 11.9 Å². The second-order valence-corrected chi connectivity index (χ2v) is 17.0. The van der Waals surface area contributed by atoms with Crippen LogP contribution >= 0.6 is 21.6 Å². The number of nitrogens with zero attached hydrogens (tertiary/aromatic N) is 4. The van der Waals surface area contributed by atoms with E-state index in [0.29, 0.717) is 63.3 Å². The van der Waals surface area contributed by atoms with Gasteiger partial charge in [0.25, 0.3) is 5.91 Å². The Kier molecular flexibility index (Phi) is 12.5. The van der Waals surface area contributed by atoms with Crippen molar-refractivity contribution in [1.29, 1.82) is 0 Å². The molecule has 3 aliphatic heterocycles. The zero-order valence-corrected chi connectivity index (χ0v) is 33.5. The van der Waals surface area contributed by atoms with E-state index < -0.39 is 18.4 Å². The third-order valence-corrected chi connectivity index (χ3v) is 13.5. The Morgan fingerprint density at radius 2 is 1.82 bits per heavy atom. The average molecular weight is 801 g/mol. The Morgan fingerprint density at radius 1 is 1.02 bits per heavy atom. The van der Waals surface area contributed by atoms with Crippen molar-refractivity contribution in [3.05, 3.63) is 78.0 Å². The van der Waals surface area contributed by atoms with Crippen LogP contribution in [0.15, 0.2) is 71.9 Å². The molecule has 14 heteroatoms. The first-order valence-corrected chi connectivity index (χ1v) is 21.5. The SMILES string of the molecule is CCC1CN(C(=O)CCCCCOc2cc3c(cc2OC)C(=O)N2CCC[C@H]2C(O)N3C(=O)OCC(C)SSc2ccccn2)c2cc(O)c3ccccc3c21. The number of pyridine rings is 1. The predicted octanol–water partition coefficient (Wildman–Crippen LogP) is 8.14. The minimum atomic E-state index is -1.32. The number of carbonyl (C=O) groups excluding carboxylic acids is 3. The molecule has 4 aromatic rings. The lowest BCUT2D eigenvalue weighted by molar-refractivity contribution is -0.118. The van der Waals surface area contributed by atoms with Gasteiger partial charge in [-0.15, -0.1) is 0 Å². The fraction of sp³-hybridized carbons (Fsp3) is 0.429. The third-order valence-electron chi connectivity index (χ3n) is 10.7. The van der Waals surface area contributed by atoms with E-state index >= 15 is 0 Å². The molecule has 3 amide bonds. The van der Waals surface area contributed by atoms with Crippen LogP contribution in [0.3, 0.4) is 0 Å². The highest BCUT2D eigenvalue weighted by atomic mass is 33.1. The Balaban J connectivity index is 0.990. The molecule has 0 radical (unpaired) electrons. The quantitative estimate of drug-likeness (QED) is 0.0943. The number of hydrogen-bond acceptors (Lipinski definition) is 11. The van der Waals surface area contributed by atoms with Gasteiger partial charge in [0.2, 0.25) is 5.91 Å². The lowest BCUT2D eigenvalue weighted by Gasteiger charge is -2.32. The van der Waals surface area contributed by atoms with Gasteiger partial charge in [0.15, 0.2) is 17.7 Å². The molecule has 7 rings (SSSR count). The number of aliphatic hydroxyl groups is 1. The molecule has 3 unspecified atom stereocenters. The zero-order valence-electron chi connectivity index (χ0n) is 31.9. The largest absolute Gasteiger partial charge is 0.507 e. The van der Waals surface area contributed by atoms with E-state index in [0.717, 1.165) is 39.9 Å². The van der Waals surface area contributed by atoms with Crippen molar-refractivity contribution in [2.75, 3.05) is 43.2 Å². The monoisotopic (exact) mass is 800 g/mol. The van der Waals surface area contributed by atoms with Crippen LogP contribution in [0, 0.1) is 0 Å². The number of anilines is 2. The fourth-order valence-electron chi connectivity index (χ4n) is 7.90. The molecule has 12 nitrogen and oxygen atoms in total. The lowest BCUT2D eigenvalue weighted by atomic mass is 9.93. The standard InChI is InChI=1S/C42H48N4O8S2/c1-4-27-24-45(33-22-34(47)28-13-7-8-14-29(28)39(27)33)38(48)17-6-5-11-20-53-36-23-32-30(21-35(36)52-3)40(49)44-19-12-15-31(44)41(50)46(32)42(51)54-25-26(2)55-56-37-16-9-10-18-43-37/h7-10,13-14,16,18,21-23,26-27,31,41,47,50H,4-6,11-12,15,17,19-20,24-25H2,1-3H3/t26?,27?,31-,41?/m0/s1. The van der Waals surface area contributed by atoms with Crippen LogP contribution in [0.4, 0.5) is 16.2 Å². The molecule has 3 aromatic carbocycles. The second kappa shape index (κ2) is 17.6. The van der Waals surface area contributed by atoms with Crippen LogP contribution < -0.4 is 19.3 Å². The van der Waals surface area contributed by atoms with Gasteiger partial charge in [0.05, 0.1) is 36.7 Å². The number of aromatic hydroxyl groups is 1. The van der Waals surface area contributed by atoms with Crippen LogP contribution in [0.25, 0.3) is 10.8 Å². The normalized spacial score (nSPS) is 19.3. The van der Waals surface area contributed by atoms with E-state index in [1.165, 1.54) is 33.6 Å². The highest BCUT2D eigenvalue weighted by molar-refractivity contribution is 8.76. The van der Waals surface area contributed by atoms with E-state index in [4.69, 9.17) is 14.2 Å². The van der Waals surface area contributed by atoms with Crippen LogP contribution in [-0.2, 0) is 9.53 Å². The molecular weight excluding hydrogens is 753 g/mol. The molecule has 3 aliphatic rings. The van der Waals surface area contributed by atoms with Crippen molar-refractivity contribution in [3.63, 3.8) is 0 Å². The van der Waals surface area contributed by atoms with Crippen molar-refractivity contribution in [3.8, 4) is 17.2 Å². The molecule has 0 bridgehead atoms. The second-order valence-electron chi connectivity index (χ2n) is 14.4. The van der Waals surface area contributed by atoms with E-state index in [1.54, 1.807) is 29.3 Å². The number of methoxy groups -OCH3 is 1. The van der Waals surface area contributed by atoms with Crippen LogP contribution in [0.2, 0.25) is 0 Å². The molecule has 1 aromatic heterocycles. The summed E-state index contributed by atoms with van der Waals surface area (Å²) in [5.74, 6) is 0.776. The summed E-state index contributed by atoms with van der Waals surface area (Å²) >= 11 is 0. The van der Waals surface area contributed by atoms with Gasteiger partial charge in [-0.25, -0.2) is 14.7 Å². The highest BCUT2D eigenvalue weighted by Gasteiger charge is 2.45. The van der Waals surface area contributed by atoms with Gasteiger partial charge < -0.3 is 34.2 Å². The Labute approximate surface area is 334 Å². The lowest BCUT2D eigenvalue weighted by Crippen LogP contribution is -2.51. The molecule has 1 fully saturated rings. The number of aromatic nitrogens is 1. The summed E-state index contributed by atoms with van der Waals surface area (Å²) in [6.07, 6.45) is 4.17. The van der Waals surface area contributed by atoms with E-state index in [9.17, 15) is 24.6 Å². The molecule has 0 spiro atoms. The first-order chi connectivity index (χ1) is 27.2. The minimum absolute atomic E-state index is 0.0286. The maximum absolute atomic E-state index is 13.8. The number of phenolic OH excluding ortho intramolecular Hbond substituents is 1. The third kappa shape index (κ3) is 8.10. The number of amides is 3. The number of aliphatic hydroxyl groups excluding tert-OH is 1. The van der Waals surface area contributed by atoms with Crippen molar-refractivity contribution in [2.24, 2.45) is 0 Å². The number of carbonyl (C=O) groups is 3. The molecule has 1 saturated heterocycles. The molecule has 56 heavy (non-hydrogen) atoms. The maximum atomic E-state index is 13.8. The molecule has 0 aliphatic carbocycles. The Hall–Kier alpha value is -4.66. The van der Waals surface area contributed by atoms with E-state index in [-0.39, 0.29) is 46.6 Å². The van der Waals surface area contributed by atoms with Crippen LogP contribution in [0.5, 0.6) is 17.2 Å². The summed E-state index contributed by atoms with van der Waals surface area (Å²) in [4.78, 5) is 50.1. The molecule has 0 saturated carbocycles. The maximum Gasteiger partial charge on any atom is 0.416 e. The van der Waals surface area contributed by atoms with Gasteiger partial charge in [0.1, 0.15) is 17.4 Å². The Bertz CT molecular complexity index is 2070. The first kappa shape index (κ1) is 39.6. The van der Waals surface area contributed by atoms with Gasteiger partial charge in [-0.3, -0.25) is 9.59 Å². The molecule has 2 N–H and O–H groups in total. The fourth-order valence-corrected chi connectivity index (χ4v) is 9.78. The number of rotatable bonds is 14. The van der Waals surface area contributed by atoms with Gasteiger partial charge in [-0.1, -0.05) is 48.0 Å².